The number of unbranched alkanes of at least 4 members (excludes halogenated alkanes) is 8. The summed E-state index contributed by atoms with van der Waals surface area (Å²) in [6.07, 6.45) is 23.3. The van der Waals surface area contributed by atoms with Gasteiger partial charge in [0.25, 0.3) is 0 Å². The highest BCUT2D eigenvalue weighted by Crippen LogP contribution is 2.27. The first kappa shape index (κ1) is 24.0. The fourth-order valence-corrected chi connectivity index (χ4v) is 4.00. The average Bonchev–Trinajstić information content (AvgIpc) is 2.55. The minimum absolute atomic E-state index is 0.891. The van der Waals surface area contributed by atoms with Gasteiger partial charge in [-0.15, -0.1) is 0 Å². The largest absolute Gasteiger partial charge is 0.0654 e. The molecule has 0 aliphatic rings. The third-order valence-corrected chi connectivity index (χ3v) is 5.65. The van der Waals surface area contributed by atoms with Gasteiger partial charge in [0.05, 0.1) is 0 Å². The zero-order valence-corrected chi connectivity index (χ0v) is 18.0. The van der Waals surface area contributed by atoms with Gasteiger partial charge < -0.3 is 0 Å². The first-order valence-electron chi connectivity index (χ1n) is 11.6. The molecule has 0 bridgehead atoms. The summed E-state index contributed by atoms with van der Waals surface area (Å²) < 4.78 is 0. The van der Waals surface area contributed by atoms with Gasteiger partial charge in [-0.05, 0) is 24.2 Å². The second-order valence-electron chi connectivity index (χ2n) is 8.94. The van der Waals surface area contributed by atoms with Crippen molar-refractivity contribution in [1.29, 1.82) is 0 Å². The Labute approximate surface area is 155 Å². The standard InChI is InChI=1S/C24H50/c1-6-8-10-16-20-24(19-9-7-2)21-23(5)18-15-13-11-12-14-17-22(3)4/h22-24H,6-21H2,1-5H3. The van der Waals surface area contributed by atoms with Crippen molar-refractivity contribution in [2.45, 2.75) is 137 Å². The molecule has 0 nitrogen and oxygen atoms in total. The Morgan fingerprint density at radius 1 is 0.500 bits per heavy atom. The average molecular weight is 339 g/mol. The Hall–Kier alpha value is 0. The summed E-state index contributed by atoms with van der Waals surface area (Å²) >= 11 is 0. The van der Waals surface area contributed by atoms with E-state index in [9.17, 15) is 0 Å². The van der Waals surface area contributed by atoms with Crippen LogP contribution in [-0.2, 0) is 0 Å². The van der Waals surface area contributed by atoms with E-state index >= 15 is 0 Å². The van der Waals surface area contributed by atoms with Gasteiger partial charge in [-0.2, -0.15) is 0 Å². The molecule has 0 aromatic heterocycles. The zero-order chi connectivity index (χ0) is 18.0. The molecular formula is C24H50. The van der Waals surface area contributed by atoms with Crippen molar-refractivity contribution in [1.82, 2.24) is 0 Å². The lowest BCUT2D eigenvalue weighted by Crippen LogP contribution is -2.07. The van der Waals surface area contributed by atoms with Crippen molar-refractivity contribution in [3.8, 4) is 0 Å². The highest BCUT2D eigenvalue weighted by molar-refractivity contribution is 4.65. The molecule has 0 aliphatic heterocycles. The Bertz CT molecular complexity index is 230. The predicted octanol–water partition coefficient (Wildman–Crippen LogP) is 9.18. The van der Waals surface area contributed by atoms with E-state index in [0.29, 0.717) is 0 Å². The minimum atomic E-state index is 0.891. The number of rotatable bonds is 18. The van der Waals surface area contributed by atoms with Crippen molar-refractivity contribution in [2.75, 3.05) is 0 Å². The Morgan fingerprint density at radius 3 is 1.62 bits per heavy atom. The molecule has 0 heteroatoms. The van der Waals surface area contributed by atoms with Gasteiger partial charge >= 0.3 is 0 Å². The van der Waals surface area contributed by atoms with Crippen LogP contribution in [0.2, 0.25) is 0 Å². The van der Waals surface area contributed by atoms with Crippen LogP contribution in [0.15, 0.2) is 0 Å². The Morgan fingerprint density at radius 2 is 1.00 bits per heavy atom. The fraction of sp³-hybridized carbons (Fsp3) is 1.00. The van der Waals surface area contributed by atoms with E-state index in [1.807, 2.05) is 0 Å². The molecule has 0 saturated carbocycles. The third kappa shape index (κ3) is 16.8. The molecular weight excluding hydrogens is 288 g/mol. The minimum Gasteiger partial charge on any atom is -0.0654 e. The molecule has 2 atom stereocenters. The Kier molecular flexibility index (Phi) is 17.8. The van der Waals surface area contributed by atoms with Crippen molar-refractivity contribution >= 4 is 0 Å². The molecule has 0 aromatic carbocycles. The van der Waals surface area contributed by atoms with Crippen LogP contribution in [0.5, 0.6) is 0 Å². The van der Waals surface area contributed by atoms with Crippen LogP contribution in [0.3, 0.4) is 0 Å². The summed E-state index contributed by atoms with van der Waals surface area (Å²) in [7, 11) is 0. The Balaban J connectivity index is 3.73. The highest BCUT2D eigenvalue weighted by Gasteiger charge is 2.13. The summed E-state index contributed by atoms with van der Waals surface area (Å²) in [4.78, 5) is 0. The fourth-order valence-electron chi connectivity index (χ4n) is 4.00. The molecule has 0 heterocycles. The van der Waals surface area contributed by atoms with E-state index in [1.165, 1.54) is 103 Å². The van der Waals surface area contributed by atoms with Gasteiger partial charge in [0.1, 0.15) is 0 Å². The zero-order valence-electron chi connectivity index (χ0n) is 18.0. The molecule has 24 heavy (non-hydrogen) atoms. The molecule has 0 fully saturated rings. The van der Waals surface area contributed by atoms with E-state index in [-0.39, 0.29) is 0 Å². The van der Waals surface area contributed by atoms with Crippen LogP contribution in [0.4, 0.5) is 0 Å². The normalized spacial score (nSPS) is 14.2. The first-order valence-corrected chi connectivity index (χ1v) is 11.6. The highest BCUT2D eigenvalue weighted by atomic mass is 14.2. The molecule has 0 saturated heterocycles. The van der Waals surface area contributed by atoms with Crippen molar-refractivity contribution in [2.24, 2.45) is 17.8 Å². The van der Waals surface area contributed by atoms with Gasteiger partial charge in [-0.3, -0.25) is 0 Å². The van der Waals surface area contributed by atoms with Crippen LogP contribution in [0.1, 0.15) is 137 Å². The molecule has 0 spiro atoms. The molecule has 0 radical (unpaired) electrons. The second-order valence-corrected chi connectivity index (χ2v) is 8.94. The van der Waals surface area contributed by atoms with E-state index < -0.39 is 0 Å². The van der Waals surface area contributed by atoms with Crippen LogP contribution in [-0.4, -0.2) is 0 Å². The lowest BCUT2D eigenvalue weighted by Gasteiger charge is -2.21. The van der Waals surface area contributed by atoms with Crippen LogP contribution >= 0.6 is 0 Å². The van der Waals surface area contributed by atoms with Crippen molar-refractivity contribution in [3.05, 3.63) is 0 Å². The van der Waals surface area contributed by atoms with Crippen molar-refractivity contribution in [3.63, 3.8) is 0 Å². The maximum Gasteiger partial charge on any atom is -0.0412 e. The molecule has 2 unspecified atom stereocenters. The maximum atomic E-state index is 2.52. The summed E-state index contributed by atoms with van der Waals surface area (Å²) in [6, 6.07) is 0. The van der Waals surface area contributed by atoms with Gasteiger partial charge in [0, 0.05) is 0 Å². The smallest absolute Gasteiger partial charge is 0.0412 e. The number of hydrogen-bond acceptors (Lipinski definition) is 0. The second kappa shape index (κ2) is 17.8. The molecule has 0 aromatic rings. The van der Waals surface area contributed by atoms with Crippen LogP contribution in [0, 0.1) is 17.8 Å². The monoisotopic (exact) mass is 338 g/mol. The molecule has 0 amide bonds. The third-order valence-electron chi connectivity index (χ3n) is 5.65. The molecule has 0 N–H and O–H groups in total. The van der Waals surface area contributed by atoms with Crippen molar-refractivity contribution < 1.29 is 0 Å². The lowest BCUT2D eigenvalue weighted by atomic mass is 9.85. The van der Waals surface area contributed by atoms with E-state index in [4.69, 9.17) is 0 Å². The van der Waals surface area contributed by atoms with Gasteiger partial charge in [0.15, 0.2) is 0 Å². The lowest BCUT2D eigenvalue weighted by molar-refractivity contribution is 0.316. The summed E-state index contributed by atoms with van der Waals surface area (Å²) in [5.74, 6) is 2.86. The van der Waals surface area contributed by atoms with E-state index in [1.54, 1.807) is 0 Å². The van der Waals surface area contributed by atoms with Gasteiger partial charge in [-0.25, -0.2) is 0 Å². The first-order chi connectivity index (χ1) is 11.6. The predicted molar refractivity (Wildman–Crippen MR) is 113 cm³/mol. The summed E-state index contributed by atoms with van der Waals surface area (Å²) in [5, 5.41) is 0. The van der Waals surface area contributed by atoms with Gasteiger partial charge in [-0.1, -0.05) is 131 Å². The summed E-state index contributed by atoms with van der Waals surface area (Å²) in [6.45, 7) is 11.9. The molecule has 0 aliphatic carbocycles. The summed E-state index contributed by atoms with van der Waals surface area (Å²) in [5.41, 5.74) is 0. The quantitative estimate of drug-likeness (QED) is 0.218. The van der Waals surface area contributed by atoms with E-state index in [2.05, 4.69) is 34.6 Å². The maximum absolute atomic E-state index is 2.52. The van der Waals surface area contributed by atoms with Crippen LogP contribution in [0.25, 0.3) is 0 Å². The topological polar surface area (TPSA) is 0 Å². The van der Waals surface area contributed by atoms with Crippen LogP contribution < -0.4 is 0 Å². The van der Waals surface area contributed by atoms with E-state index in [0.717, 1.165) is 17.8 Å². The molecule has 146 valence electrons. The molecule has 0 rings (SSSR count). The van der Waals surface area contributed by atoms with Gasteiger partial charge in [0.2, 0.25) is 0 Å². The number of hydrogen-bond donors (Lipinski definition) is 0. The SMILES string of the molecule is CCCCCCC(CCCC)CC(C)CCCCCCCC(C)C.